The van der Waals surface area contributed by atoms with E-state index in [2.05, 4.69) is 6.07 Å². The van der Waals surface area contributed by atoms with Crippen LogP contribution in [0.3, 0.4) is 0 Å². The second-order valence-corrected chi connectivity index (χ2v) is 14.9. The number of amides is 2. The monoisotopic (exact) mass is 662 g/mol. The molecule has 0 spiro atoms. The third kappa shape index (κ3) is 4.80. The van der Waals surface area contributed by atoms with Crippen molar-refractivity contribution in [3.8, 4) is 11.1 Å². The fraction of sp³-hybridized carbons (Fsp3) is 0.385. The third-order valence-corrected chi connectivity index (χ3v) is 12.2. The molecule has 5 aliphatic heterocycles. The minimum Gasteiger partial charge on any atom is -0.477 e. The Hall–Kier alpha value is -4.64. The molecule has 6 aliphatic rings. The summed E-state index contributed by atoms with van der Waals surface area (Å²) in [4.78, 5) is 55.4. The standard InChI is InChI=1S/C39H41N4O6/c1-23-33(36(39(48)49)41-35(23)34(24(2)44)38(41)47)26-10-12-29-30(20-26)28-11-9-25(19-31(28)37(29)46)21-42-13-16-43(17-14-42,18-15-42)22-32(45)40(3)27-7-5-4-6-8-27/h4-12,19-20,23-24,34-35,44H,13-18,21-22H2,1-3H3/q+1/p+1/t23-,24+,34+,35+,42?,43?/m0/s1. The molecule has 10 heteroatoms. The lowest BCUT2D eigenvalue weighted by molar-refractivity contribution is -1.08. The second-order valence-electron chi connectivity index (χ2n) is 14.9. The Labute approximate surface area is 285 Å². The molecule has 0 unspecified atom stereocenters. The number of ketones is 1. The molecule has 1 aliphatic carbocycles. The van der Waals surface area contributed by atoms with Crippen LogP contribution in [0.25, 0.3) is 16.7 Å². The number of aliphatic hydroxyl groups excluding tert-OH is 1. The summed E-state index contributed by atoms with van der Waals surface area (Å²) in [5, 5.41) is 20.4. The number of para-hydroxylation sites is 1. The first-order chi connectivity index (χ1) is 23.4. The molecule has 49 heavy (non-hydrogen) atoms. The molecule has 10 nitrogen and oxygen atoms in total. The van der Waals surface area contributed by atoms with Crippen LogP contribution < -0.4 is 4.90 Å². The highest BCUT2D eigenvalue weighted by molar-refractivity contribution is 6.22. The van der Waals surface area contributed by atoms with E-state index < -0.39 is 24.0 Å². The molecule has 0 radical (unpaired) electrons. The maximum atomic E-state index is 13.7. The van der Waals surface area contributed by atoms with Crippen LogP contribution >= 0.6 is 0 Å². The maximum Gasteiger partial charge on any atom is 0.352 e. The van der Waals surface area contributed by atoms with Crippen molar-refractivity contribution in [2.45, 2.75) is 32.5 Å². The van der Waals surface area contributed by atoms with Gasteiger partial charge in [0.1, 0.15) is 51.5 Å². The highest BCUT2D eigenvalue weighted by Crippen LogP contribution is 2.51. The van der Waals surface area contributed by atoms with E-state index in [4.69, 9.17) is 0 Å². The van der Waals surface area contributed by atoms with Gasteiger partial charge in [-0.2, -0.15) is 0 Å². The van der Waals surface area contributed by atoms with Crippen LogP contribution in [0.2, 0.25) is 0 Å². The largest absolute Gasteiger partial charge is 0.477 e. The van der Waals surface area contributed by atoms with E-state index in [-0.39, 0.29) is 29.2 Å². The van der Waals surface area contributed by atoms with Gasteiger partial charge in [0.25, 0.3) is 5.91 Å². The summed E-state index contributed by atoms with van der Waals surface area (Å²) in [5.74, 6) is -2.35. The molecule has 4 fully saturated rings. The fourth-order valence-corrected chi connectivity index (χ4v) is 9.34. The van der Waals surface area contributed by atoms with Gasteiger partial charge in [0, 0.05) is 35.3 Å². The Bertz CT molecular complexity index is 1940. The molecule has 9 rings (SSSR count). The zero-order valence-corrected chi connectivity index (χ0v) is 28.1. The molecule has 3 aromatic rings. The maximum absolute atomic E-state index is 13.7. The number of nitrogens with zero attached hydrogens (tertiary/aromatic N) is 4. The van der Waals surface area contributed by atoms with Gasteiger partial charge in [0.05, 0.1) is 18.1 Å². The average Bonchev–Trinajstić information content (AvgIpc) is 3.52. The van der Waals surface area contributed by atoms with E-state index in [0.717, 1.165) is 77.2 Å². The fourth-order valence-electron chi connectivity index (χ4n) is 9.34. The Morgan fingerprint density at radius 1 is 0.878 bits per heavy atom. The SMILES string of the molecule is C[C@@H](O)[C@H]1C(=O)N2C(C(=O)O)=C(c3ccc4c(c3)-c3ccc(C[N+]56CC[N+](CC(=O)N(C)c7ccccc7)(CC5)CC6)cc3C4=O)[C@H](C)[C@H]12. The Kier molecular flexibility index (Phi) is 7.22. The molecule has 4 saturated heterocycles. The number of aliphatic hydroxyl groups is 1. The molecular weight excluding hydrogens is 620 g/mol. The minimum atomic E-state index is -1.17. The van der Waals surface area contributed by atoms with E-state index in [1.165, 1.54) is 4.90 Å². The van der Waals surface area contributed by atoms with E-state index in [1.54, 1.807) is 24.0 Å². The Morgan fingerprint density at radius 2 is 1.53 bits per heavy atom. The molecule has 0 saturated carbocycles. The summed E-state index contributed by atoms with van der Waals surface area (Å²) in [6.07, 6.45) is -0.873. The quantitative estimate of drug-likeness (QED) is 0.221. The number of hydrogen-bond acceptors (Lipinski definition) is 5. The number of likely N-dealkylation sites (N-methyl/N-ethyl adjacent to an activating group) is 1. The average molecular weight is 663 g/mol. The van der Waals surface area contributed by atoms with Crippen LogP contribution in [0, 0.1) is 11.8 Å². The summed E-state index contributed by atoms with van der Waals surface area (Å²) in [6, 6.07) is 21.0. The predicted octanol–water partition coefficient (Wildman–Crippen LogP) is 3.38. The molecular formula is C39H42N4O6+2. The first-order valence-corrected chi connectivity index (χ1v) is 17.3. The van der Waals surface area contributed by atoms with Crippen LogP contribution in [-0.4, -0.2) is 113 Å². The van der Waals surface area contributed by atoms with Crippen molar-refractivity contribution in [2.24, 2.45) is 11.8 Å². The summed E-state index contributed by atoms with van der Waals surface area (Å²) >= 11 is 0. The number of fused-ring (bicyclic) bond motifs is 7. The van der Waals surface area contributed by atoms with Crippen molar-refractivity contribution in [1.29, 1.82) is 0 Å². The number of hydrogen-bond donors (Lipinski definition) is 2. The van der Waals surface area contributed by atoms with Gasteiger partial charge in [-0.25, -0.2) is 4.79 Å². The number of benzene rings is 3. The second kappa shape index (κ2) is 11.2. The van der Waals surface area contributed by atoms with Crippen molar-refractivity contribution in [3.05, 3.63) is 94.7 Å². The number of piperazine rings is 3. The van der Waals surface area contributed by atoms with E-state index in [1.807, 2.05) is 62.5 Å². The summed E-state index contributed by atoms with van der Waals surface area (Å²) in [6.45, 7) is 10.7. The first kappa shape index (κ1) is 31.6. The molecule has 3 aromatic carbocycles. The van der Waals surface area contributed by atoms with Gasteiger partial charge in [-0.3, -0.25) is 14.4 Å². The van der Waals surface area contributed by atoms with Crippen LogP contribution in [0.1, 0.15) is 40.9 Å². The van der Waals surface area contributed by atoms with E-state index in [9.17, 15) is 29.4 Å². The minimum absolute atomic E-state index is 0.0347. The van der Waals surface area contributed by atoms with Crippen LogP contribution in [0.15, 0.2) is 72.4 Å². The van der Waals surface area contributed by atoms with Crippen molar-refractivity contribution in [3.63, 3.8) is 0 Å². The molecule has 2 bridgehead atoms. The number of carboxylic acids is 1. The molecule has 2 amide bonds. The zero-order valence-electron chi connectivity index (χ0n) is 28.1. The van der Waals surface area contributed by atoms with Crippen molar-refractivity contribution < 1.29 is 38.4 Å². The van der Waals surface area contributed by atoms with Gasteiger partial charge < -0.3 is 29.0 Å². The van der Waals surface area contributed by atoms with Crippen LogP contribution in [0.4, 0.5) is 5.69 Å². The topological polar surface area (TPSA) is 115 Å². The number of rotatable bonds is 8. The highest BCUT2D eigenvalue weighted by atomic mass is 16.4. The number of aliphatic carboxylic acids is 1. The number of anilines is 1. The number of carboxylic acid groups (broad SMARTS) is 1. The van der Waals surface area contributed by atoms with Gasteiger partial charge in [-0.15, -0.1) is 0 Å². The first-order valence-electron chi connectivity index (χ1n) is 17.3. The highest BCUT2D eigenvalue weighted by Gasteiger charge is 2.60. The summed E-state index contributed by atoms with van der Waals surface area (Å²) < 4.78 is 1.79. The molecule has 4 atom stereocenters. The van der Waals surface area contributed by atoms with Crippen molar-refractivity contribution in [2.75, 3.05) is 57.8 Å². The van der Waals surface area contributed by atoms with Gasteiger partial charge in [0.2, 0.25) is 5.91 Å². The smallest absolute Gasteiger partial charge is 0.352 e. The van der Waals surface area contributed by atoms with Crippen LogP contribution in [0.5, 0.6) is 0 Å². The molecule has 0 aromatic heterocycles. The van der Waals surface area contributed by atoms with Gasteiger partial charge >= 0.3 is 5.97 Å². The van der Waals surface area contributed by atoms with Crippen molar-refractivity contribution in [1.82, 2.24) is 4.90 Å². The van der Waals surface area contributed by atoms with E-state index >= 15 is 0 Å². The number of β-lactam (4-membered cyclic amide) rings is 1. The molecule has 252 valence electrons. The van der Waals surface area contributed by atoms with Crippen molar-refractivity contribution >= 4 is 34.8 Å². The van der Waals surface area contributed by atoms with Gasteiger partial charge in [0.15, 0.2) is 12.3 Å². The van der Waals surface area contributed by atoms with Gasteiger partial charge in [-0.05, 0) is 59.5 Å². The number of carbonyl (C=O) groups excluding carboxylic acids is 3. The lowest BCUT2D eigenvalue weighted by atomic mass is 9.76. The molecule has 2 N–H and O–H groups in total. The lowest BCUT2D eigenvalue weighted by Gasteiger charge is -2.55. The van der Waals surface area contributed by atoms with Gasteiger partial charge in [-0.1, -0.05) is 43.3 Å². The van der Waals surface area contributed by atoms with Crippen LogP contribution in [-0.2, 0) is 20.9 Å². The number of carbonyl (C=O) groups is 4. The predicted molar refractivity (Wildman–Crippen MR) is 183 cm³/mol. The Morgan fingerprint density at radius 3 is 2.18 bits per heavy atom. The summed E-state index contributed by atoms with van der Waals surface area (Å²) in [7, 11) is 1.86. The third-order valence-electron chi connectivity index (χ3n) is 12.2. The lowest BCUT2D eigenvalue weighted by Crippen LogP contribution is -2.75. The molecule has 5 heterocycles. The Balaban J connectivity index is 1.00. The van der Waals surface area contributed by atoms with E-state index in [0.29, 0.717) is 28.8 Å². The normalized spacial score (nSPS) is 28.6. The zero-order chi connectivity index (χ0) is 34.4. The summed E-state index contributed by atoms with van der Waals surface area (Å²) in [5.41, 5.74) is 6.10. The number of quaternary nitrogens is 2.